The second-order valence-electron chi connectivity index (χ2n) is 6.33. The summed E-state index contributed by atoms with van der Waals surface area (Å²) in [6, 6.07) is 11.4. The Hall–Kier alpha value is -3.02. The van der Waals surface area contributed by atoms with Gasteiger partial charge in [-0.1, -0.05) is 18.2 Å². The van der Waals surface area contributed by atoms with Crippen molar-refractivity contribution in [2.24, 2.45) is 5.10 Å². The fourth-order valence-corrected chi connectivity index (χ4v) is 2.90. The van der Waals surface area contributed by atoms with Gasteiger partial charge in [-0.2, -0.15) is 5.10 Å². The lowest BCUT2D eigenvalue weighted by Crippen LogP contribution is -2.26. The minimum atomic E-state index is -0.256. The Morgan fingerprint density at radius 3 is 2.41 bits per heavy atom. The van der Waals surface area contributed by atoms with Crippen LogP contribution in [0.2, 0.25) is 0 Å². The number of carbonyl (C=O) groups is 1. The number of nitrogens with zero attached hydrogens (tertiary/aromatic N) is 2. The summed E-state index contributed by atoms with van der Waals surface area (Å²) in [5, 5.41) is 17.2. The second-order valence-corrected chi connectivity index (χ2v) is 6.33. The van der Waals surface area contributed by atoms with Gasteiger partial charge >= 0.3 is 0 Å². The molecule has 0 spiro atoms. The van der Waals surface area contributed by atoms with E-state index in [4.69, 9.17) is 0 Å². The Labute approximate surface area is 160 Å². The van der Waals surface area contributed by atoms with Crippen molar-refractivity contribution >= 4 is 23.5 Å². The lowest BCUT2D eigenvalue weighted by molar-refractivity contribution is -0.119. The number of amides is 1. The number of rotatable bonds is 8. The first-order valence-electron chi connectivity index (χ1n) is 9.16. The number of hydrazone groups is 1. The van der Waals surface area contributed by atoms with Gasteiger partial charge in [0.05, 0.1) is 12.8 Å². The summed E-state index contributed by atoms with van der Waals surface area (Å²) in [5.74, 6) is -0.126. The number of para-hydroxylation sites is 1. The molecular weight excluding hydrogens is 340 g/mol. The van der Waals surface area contributed by atoms with Crippen LogP contribution in [0.25, 0.3) is 0 Å². The summed E-state index contributed by atoms with van der Waals surface area (Å²) in [6.07, 6.45) is 1.44. The lowest BCUT2D eigenvalue weighted by atomic mass is 10.1. The van der Waals surface area contributed by atoms with Gasteiger partial charge in [-0.05, 0) is 51.0 Å². The maximum Gasteiger partial charge on any atom is 0.259 e. The van der Waals surface area contributed by atoms with E-state index in [1.54, 1.807) is 12.1 Å². The SMILES string of the molecule is CCN(CC)c1ccc(C=NNC(=O)CNc2c(C)cccc2C)c(O)c1. The third-order valence-electron chi connectivity index (χ3n) is 4.44. The molecule has 3 N–H and O–H groups in total. The van der Waals surface area contributed by atoms with E-state index in [2.05, 4.69) is 34.6 Å². The third-order valence-corrected chi connectivity index (χ3v) is 4.44. The molecule has 0 aliphatic rings. The largest absolute Gasteiger partial charge is 0.507 e. The summed E-state index contributed by atoms with van der Waals surface area (Å²) < 4.78 is 0. The standard InChI is InChI=1S/C21H28N4O2/c1-5-25(6-2)18-11-10-17(19(26)12-18)13-23-24-20(27)14-22-21-15(3)8-7-9-16(21)4/h7-13,22,26H,5-6,14H2,1-4H3,(H,24,27). The van der Waals surface area contributed by atoms with E-state index in [-0.39, 0.29) is 18.2 Å². The topological polar surface area (TPSA) is 77.0 Å². The van der Waals surface area contributed by atoms with Crippen LogP contribution in [0.5, 0.6) is 5.75 Å². The second kappa shape index (κ2) is 9.62. The maximum absolute atomic E-state index is 12.0. The molecule has 0 radical (unpaired) electrons. The first-order chi connectivity index (χ1) is 13.0. The molecule has 0 heterocycles. The van der Waals surface area contributed by atoms with Crippen molar-refractivity contribution in [1.82, 2.24) is 5.43 Å². The molecule has 27 heavy (non-hydrogen) atoms. The van der Waals surface area contributed by atoms with E-state index in [1.165, 1.54) is 6.21 Å². The predicted octanol–water partition coefficient (Wildman–Crippen LogP) is 3.42. The number of phenolic OH excluding ortho intramolecular Hbond substituents is 1. The molecule has 0 unspecified atom stereocenters. The van der Waals surface area contributed by atoms with Crippen molar-refractivity contribution in [3.05, 3.63) is 53.1 Å². The fourth-order valence-electron chi connectivity index (χ4n) is 2.90. The molecule has 0 atom stereocenters. The van der Waals surface area contributed by atoms with Crippen LogP contribution in [0.1, 0.15) is 30.5 Å². The van der Waals surface area contributed by atoms with E-state index in [9.17, 15) is 9.90 Å². The molecule has 6 heteroatoms. The number of nitrogens with one attached hydrogen (secondary N) is 2. The molecule has 1 amide bonds. The number of aryl methyl sites for hydroxylation is 2. The summed E-state index contributed by atoms with van der Waals surface area (Å²) in [7, 11) is 0. The number of carbonyl (C=O) groups excluding carboxylic acids is 1. The van der Waals surface area contributed by atoms with Crippen molar-refractivity contribution in [1.29, 1.82) is 0 Å². The van der Waals surface area contributed by atoms with Crippen molar-refractivity contribution in [3.8, 4) is 5.75 Å². The highest BCUT2D eigenvalue weighted by molar-refractivity contribution is 5.87. The van der Waals surface area contributed by atoms with Gasteiger partial charge in [0.1, 0.15) is 5.75 Å². The van der Waals surface area contributed by atoms with Gasteiger partial charge in [-0.25, -0.2) is 5.43 Å². The quantitative estimate of drug-likeness (QED) is 0.493. The Kier molecular flexibility index (Phi) is 7.23. The molecule has 2 aromatic rings. The van der Waals surface area contributed by atoms with Crippen molar-refractivity contribution < 1.29 is 9.90 Å². The Morgan fingerprint density at radius 1 is 1.15 bits per heavy atom. The molecule has 0 aromatic heterocycles. The van der Waals surface area contributed by atoms with Gasteiger partial charge in [-0.3, -0.25) is 4.79 Å². The van der Waals surface area contributed by atoms with Crippen molar-refractivity contribution in [3.63, 3.8) is 0 Å². The monoisotopic (exact) mass is 368 g/mol. The van der Waals surface area contributed by atoms with Gasteiger partial charge in [0.15, 0.2) is 0 Å². The number of anilines is 2. The van der Waals surface area contributed by atoms with Crippen molar-refractivity contribution in [2.45, 2.75) is 27.7 Å². The highest BCUT2D eigenvalue weighted by Gasteiger charge is 2.07. The van der Waals surface area contributed by atoms with E-state index in [0.717, 1.165) is 35.6 Å². The molecule has 144 valence electrons. The van der Waals surface area contributed by atoms with Crippen LogP contribution < -0.4 is 15.6 Å². The third kappa shape index (κ3) is 5.48. The summed E-state index contributed by atoms with van der Waals surface area (Å²) in [6.45, 7) is 9.98. The van der Waals surface area contributed by atoms with Crippen LogP contribution in [0.3, 0.4) is 0 Å². The average Bonchev–Trinajstić information content (AvgIpc) is 2.64. The summed E-state index contributed by atoms with van der Waals surface area (Å²) in [5.41, 5.74) is 7.11. The van der Waals surface area contributed by atoms with Crippen LogP contribution in [0.4, 0.5) is 11.4 Å². The minimum absolute atomic E-state index is 0.121. The highest BCUT2D eigenvalue weighted by Crippen LogP contribution is 2.23. The molecule has 2 aromatic carbocycles. The van der Waals surface area contributed by atoms with E-state index < -0.39 is 0 Å². The number of hydrogen-bond donors (Lipinski definition) is 3. The highest BCUT2D eigenvalue weighted by atomic mass is 16.3. The number of hydrogen-bond acceptors (Lipinski definition) is 5. The molecule has 0 aliphatic heterocycles. The predicted molar refractivity (Wildman–Crippen MR) is 112 cm³/mol. The van der Waals surface area contributed by atoms with Crippen molar-refractivity contribution in [2.75, 3.05) is 29.9 Å². The first-order valence-corrected chi connectivity index (χ1v) is 9.16. The maximum atomic E-state index is 12.0. The number of phenols is 1. The van der Waals surface area contributed by atoms with E-state index in [1.807, 2.05) is 38.1 Å². The number of benzene rings is 2. The zero-order valence-electron chi connectivity index (χ0n) is 16.4. The van der Waals surface area contributed by atoms with Crippen LogP contribution >= 0.6 is 0 Å². The van der Waals surface area contributed by atoms with Gasteiger partial charge in [0.2, 0.25) is 0 Å². The minimum Gasteiger partial charge on any atom is -0.507 e. The summed E-state index contributed by atoms with van der Waals surface area (Å²) >= 11 is 0. The number of aromatic hydroxyl groups is 1. The lowest BCUT2D eigenvalue weighted by Gasteiger charge is -2.21. The van der Waals surface area contributed by atoms with Crippen LogP contribution in [-0.4, -0.2) is 36.9 Å². The normalized spacial score (nSPS) is 10.8. The first kappa shape index (κ1) is 20.3. The molecule has 6 nitrogen and oxygen atoms in total. The zero-order valence-corrected chi connectivity index (χ0v) is 16.4. The van der Waals surface area contributed by atoms with E-state index >= 15 is 0 Å². The fraction of sp³-hybridized carbons (Fsp3) is 0.333. The smallest absolute Gasteiger partial charge is 0.259 e. The van der Waals surface area contributed by atoms with Gasteiger partial charge in [0, 0.05) is 36.1 Å². The molecule has 2 rings (SSSR count). The molecule has 0 bridgehead atoms. The Morgan fingerprint density at radius 2 is 1.81 bits per heavy atom. The van der Waals surface area contributed by atoms with Gasteiger partial charge in [0.25, 0.3) is 5.91 Å². The molecule has 0 saturated carbocycles. The average molecular weight is 368 g/mol. The van der Waals surface area contributed by atoms with Crippen LogP contribution in [0, 0.1) is 13.8 Å². The van der Waals surface area contributed by atoms with E-state index in [0.29, 0.717) is 5.56 Å². The Bertz CT molecular complexity index is 794. The molecule has 0 saturated heterocycles. The zero-order chi connectivity index (χ0) is 19.8. The molecular formula is C21H28N4O2. The van der Waals surface area contributed by atoms with Crippen LogP contribution in [-0.2, 0) is 4.79 Å². The summed E-state index contributed by atoms with van der Waals surface area (Å²) in [4.78, 5) is 14.1. The molecule has 0 aliphatic carbocycles. The molecule has 0 fully saturated rings. The van der Waals surface area contributed by atoms with Gasteiger partial charge < -0.3 is 15.3 Å². The Balaban J connectivity index is 1.92. The van der Waals surface area contributed by atoms with Crippen LogP contribution in [0.15, 0.2) is 41.5 Å². The van der Waals surface area contributed by atoms with Gasteiger partial charge in [-0.15, -0.1) is 0 Å².